The molecule has 0 aliphatic carbocycles. The second-order valence-electron chi connectivity index (χ2n) is 3.77. The molecule has 20 heavy (non-hydrogen) atoms. The number of aliphatic hydroxyl groups excluding tert-OH is 1. The van der Waals surface area contributed by atoms with Gasteiger partial charge in [0.1, 0.15) is 6.10 Å². The molecule has 0 aliphatic heterocycles. The van der Waals surface area contributed by atoms with Crippen LogP contribution in [-0.2, 0) is 6.18 Å². The average molecular weight is 300 g/mol. The number of nitro benzene ring substituents is 1. The van der Waals surface area contributed by atoms with Crippen molar-refractivity contribution in [1.82, 2.24) is 0 Å². The van der Waals surface area contributed by atoms with E-state index in [1.807, 2.05) is 5.32 Å². The van der Waals surface area contributed by atoms with Gasteiger partial charge < -0.3 is 10.4 Å². The molecule has 0 heterocycles. The Morgan fingerprint density at radius 1 is 1.35 bits per heavy atom. The Morgan fingerprint density at radius 2 is 1.95 bits per heavy atom. The number of anilines is 1. The number of nitrogens with zero attached hydrogens (tertiary/aromatic N) is 1. The van der Waals surface area contributed by atoms with Crippen LogP contribution in [0.2, 0.25) is 0 Å². The maximum Gasteiger partial charge on any atom is 0.418 e. The van der Waals surface area contributed by atoms with Crippen molar-refractivity contribution in [3.05, 3.63) is 33.9 Å². The van der Waals surface area contributed by atoms with Gasteiger partial charge in [0.2, 0.25) is 0 Å². The van der Waals surface area contributed by atoms with E-state index in [-0.39, 0.29) is 6.07 Å². The zero-order valence-corrected chi connectivity index (χ0v) is 9.69. The molecule has 1 aromatic carbocycles. The van der Waals surface area contributed by atoms with E-state index in [4.69, 9.17) is 5.11 Å². The fourth-order valence-corrected chi connectivity index (χ4v) is 1.34. The highest BCUT2D eigenvalue weighted by Crippen LogP contribution is 2.37. The van der Waals surface area contributed by atoms with Gasteiger partial charge in [-0.2, -0.15) is 13.2 Å². The lowest BCUT2D eigenvalue weighted by atomic mass is 10.1. The number of hydrogen-bond donors (Lipinski definition) is 2. The van der Waals surface area contributed by atoms with Crippen molar-refractivity contribution in [3.8, 4) is 0 Å². The second kappa shape index (κ2) is 5.99. The van der Waals surface area contributed by atoms with Crippen LogP contribution in [0.25, 0.3) is 0 Å². The average Bonchev–Trinajstić information content (AvgIpc) is 2.34. The molecule has 0 aliphatic rings. The summed E-state index contributed by atoms with van der Waals surface area (Å²) in [5, 5.41) is 21.2. The third-order valence-corrected chi connectivity index (χ3v) is 2.31. The minimum atomic E-state index is -4.90. The van der Waals surface area contributed by atoms with Gasteiger partial charge in [-0.3, -0.25) is 10.1 Å². The maximum atomic E-state index is 12.7. The van der Waals surface area contributed by atoms with Crippen LogP contribution in [0.3, 0.4) is 0 Å². The molecule has 0 aromatic heterocycles. The van der Waals surface area contributed by atoms with Gasteiger partial charge in [0.25, 0.3) is 12.1 Å². The number of non-ortho nitro benzene ring substituents is 1. The zero-order chi connectivity index (χ0) is 15.5. The summed E-state index contributed by atoms with van der Waals surface area (Å²) in [5.74, 6) is 0. The normalized spacial score (nSPS) is 13.3. The second-order valence-corrected chi connectivity index (χ2v) is 3.77. The lowest BCUT2D eigenvalue weighted by Gasteiger charge is -2.16. The van der Waals surface area contributed by atoms with Crippen molar-refractivity contribution in [3.63, 3.8) is 0 Å². The largest absolute Gasteiger partial charge is 0.418 e. The molecule has 10 heteroatoms. The number of nitrogens with one attached hydrogen (secondary N) is 1. The lowest BCUT2D eigenvalue weighted by Crippen LogP contribution is -2.27. The summed E-state index contributed by atoms with van der Waals surface area (Å²) in [6.07, 6.45) is -10.2. The van der Waals surface area contributed by atoms with Crippen LogP contribution in [0, 0.1) is 10.1 Å². The zero-order valence-electron chi connectivity index (χ0n) is 9.69. The summed E-state index contributed by atoms with van der Waals surface area (Å²) in [5.41, 5.74) is -2.77. The van der Waals surface area contributed by atoms with E-state index >= 15 is 0 Å². The fourth-order valence-electron chi connectivity index (χ4n) is 1.34. The van der Waals surface area contributed by atoms with E-state index in [0.717, 1.165) is 12.1 Å². The van der Waals surface area contributed by atoms with E-state index in [2.05, 4.69) is 0 Å². The van der Waals surface area contributed by atoms with E-state index in [1.54, 1.807) is 0 Å². The van der Waals surface area contributed by atoms with Crippen LogP contribution in [-0.4, -0.2) is 29.1 Å². The molecular weight excluding hydrogens is 291 g/mol. The molecule has 5 nitrogen and oxygen atoms in total. The van der Waals surface area contributed by atoms with E-state index in [9.17, 15) is 32.1 Å². The minimum Gasteiger partial charge on any atom is -0.385 e. The first-order valence-electron chi connectivity index (χ1n) is 5.18. The van der Waals surface area contributed by atoms with Crippen molar-refractivity contribution in [1.29, 1.82) is 0 Å². The Hall–Kier alpha value is -1.97. The van der Waals surface area contributed by atoms with Crippen molar-refractivity contribution in [2.75, 3.05) is 11.9 Å². The number of alkyl halides is 5. The van der Waals surface area contributed by atoms with Crippen LogP contribution < -0.4 is 5.32 Å². The number of hydrogen-bond acceptors (Lipinski definition) is 4. The maximum absolute atomic E-state index is 12.7. The summed E-state index contributed by atoms with van der Waals surface area (Å²) < 4.78 is 62.2. The molecule has 0 amide bonds. The number of aliphatic hydroxyl groups is 1. The number of nitro groups is 1. The third kappa shape index (κ3) is 4.02. The Kier molecular flexibility index (Phi) is 4.82. The predicted octanol–water partition coefficient (Wildman–Crippen LogP) is 2.65. The Bertz CT molecular complexity index is 492. The highest BCUT2D eigenvalue weighted by molar-refractivity contribution is 5.57. The molecule has 0 radical (unpaired) electrons. The molecule has 2 N–H and O–H groups in total. The van der Waals surface area contributed by atoms with Gasteiger partial charge in [-0.25, -0.2) is 8.78 Å². The summed E-state index contributed by atoms with van der Waals surface area (Å²) in [4.78, 5) is 9.42. The molecule has 0 spiro atoms. The van der Waals surface area contributed by atoms with Crippen molar-refractivity contribution >= 4 is 11.4 Å². The van der Waals surface area contributed by atoms with Crippen LogP contribution >= 0.6 is 0 Å². The van der Waals surface area contributed by atoms with Crippen molar-refractivity contribution in [2.24, 2.45) is 0 Å². The molecule has 0 fully saturated rings. The predicted molar refractivity (Wildman–Crippen MR) is 58.6 cm³/mol. The third-order valence-electron chi connectivity index (χ3n) is 2.31. The molecule has 0 saturated heterocycles. The number of rotatable bonds is 5. The van der Waals surface area contributed by atoms with Crippen LogP contribution in [0.1, 0.15) is 5.56 Å². The van der Waals surface area contributed by atoms with Crippen molar-refractivity contribution < 1.29 is 32.0 Å². The summed E-state index contributed by atoms with van der Waals surface area (Å²) in [6.45, 7) is -0.821. The number of benzene rings is 1. The first kappa shape index (κ1) is 16.1. The Balaban J connectivity index is 3.04. The van der Waals surface area contributed by atoms with Gasteiger partial charge in [0.05, 0.1) is 10.5 Å². The molecule has 1 atom stereocenters. The van der Waals surface area contributed by atoms with E-state index in [1.165, 1.54) is 0 Å². The van der Waals surface area contributed by atoms with Gasteiger partial charge in [-0.05, 0) is 6.07 Å². The van der Waals surface area contributed by atoms with Crippen molar-refractivity contribution in [2.45, 2.75) is 18.7 Å². The van der Waals surface area contributed by atoms with Crippen LogP contribution in [0.4, 0.5) is 33.3 Å². The van der Waals surface area contributed by atoms with Crippen LogP contribution in [0.5, 0.6) is 0 Å². The Morgan fingerprint density at radius 3 is 2.40 bits per heavy atom. The number of halogens is 5. The van der Waals surface area contributed by atoms with Crippen LogP contribution in [0.15, 0.2) is 18.2 Å². The fraction of sp³-hybridized carbons (Fsp3) is 0.400. The molecule has 1 aromatic rings. The summed E-state index contributed by atoms with van der Waals surface area (Å²) in [6, 6.07) is 1.84. The topological polar surface area (TPSA) is 75.4 Å². The molecular formula is C10H9F5N2O3. The quantitative estimate of drug-likeness (QED) is 0.498. The SMILES string of the molecule is O=[N+]([O-])c1ccc(NCC(O)C(F)F)c(C(F)(F)F)c1. The molecule has 112 valence electrons. The lowest BCUT2D eigenvalue weighted by molar-refractivity contribution is -0.385. The van der Waals surface area contributed by atoms with Gasteiger partial charge >= 0.3 is 6.18 Å². The van der Waals surface area contributed by atoms with Gasteiger partial charge in [-0.1, -0.05) is 0 Å². The van der Waals surface area contributed by atoms with Gasteiger partial charge in [-0.15, -0.1) is 0 Å². The monoisotopic (exact) mass is 300 g/mol. The minimum absolute atomic E-state index is 0.289. The summed E-state index contributed by atoms with van der Waals surface area (Å²) >= 11 is 0. The van der Waals surface area contributed by atoms with E-state index in [0.29, 0.717) is 0 Å². The smallest absolute Gasteiger partial charge is 0.385 e. The molecule has 0 bridgehead atoms. The first-order chi connectivity index (χ1) is 9.12. The Labute approximate surface area is 109 Å². The molecule has 1 unspecified atom stereocenters. The highest BCUT2D eigenvalue weighted by atomic mass is 19.4. The van der Waals surface area contributed by atoms with Gasteiger partial charge in [0, 0.05) is 24.4 Å². The van der Waals surface area contributed by atoms with Gasteiger partial charge in [0.15, 0.2) is 0 Å². The summed E-state index contributed by atoms with van der Waals surface area (Å²) in [7, 11) is 0. The molecule has 1 rings (SSSR count). The first-order valence-corrected chi connectivity index (χ1v) is 5.18. The highest BCUT2D eigenvalue weighted by Gasteiger charge is 2.35. The van der Waals surface area contributed by atoms with E-state index < -0.39 is 47.1 Å². The standard InChI is InChI=1S/C10H9F5N2O3/c11-9(12)8(18)4-16-7-2-1-5(17(19)20)3-6(7)10(13,14)15/h1-3,8-9,16,18H,4H2. The molecule has 0 saturated carbocycles.